The molecule has 0 saturated heterocycles. The number of nitrogens with two attached hydrogens (primary N) is 2. The monoisotopic (exact) mass is 367 g/mol. The summed E-state index contributed by atoms with van der Waals surface area (Å²) in [6.45, 7) is 0.0899. The third-order valence-electron chi connectivity index (χ3n) is 2.83. The van der Waals surface area contributed by atoms with Crippen LogP contribution >= 0.6 is 27.3 Å². The summed E-state index contributed by atoms with van der Waals surface area (Å²) in [4.78, 5) is 25.6. The summed E-state index contributed by atoms with van der Waals surface area (Å²) in [7, 11) is 0. The van der Waals surface area contributed by atoms with Crippen molar-refractivity contribution in [3.05, 3.63) is 50.6 Å². The lowest BCUT2D eigenvalue weighted by atomic mass is 10.1. The normalized spacial score (nSPS) is 10.3. The summed E-state index contributed by atoms with van der Waals surface area (Å²) in [5.74, 6) is -0.804. The zero-order chi connectivity index (χ0) is 15.4. The van der Waals surface area contributed by atoms with Crippen molar-refractivity contribution in [1.29, 1.82) is 0 Å². The fourth-order valence-electron chi connectivity index (χ4n) is 1.86. The number of amides is 2. The van der Waals surface area contributed by atoms with Crippen molar-refractivity contribution in [2.24, 2.45) is 5.73 Å². The molecule has 1 aromatic carbocycles. The number of hydrogen-bond acceptors (Lipinski definition) is 4. The fourth-order valence-corrected chi connectivity index (χ4v) is 3.21. The van der Waals surface area contributed by atoms with Crippen LogP contribution in [0.25, 0.3) is 0 Å². The molecular weight excluding hydrogens is 354 g/mol. The molecular formula is C14H14BrN3O2S. The van der Waals surface area contributed by atoms with E-state index in [0.717, 1.165) is 9.35 Å². The topological polar surface area (TPSA) is 89.4 Å². The Morgan fingerprint density at radius 3 is 2.48 bits per heavy atom. The van der Waals surface area contributed by atoms with Crippen LogP contribution in [-0.2, 0) is 11.3 Å². The van der Waals surface area contributed by atoms with Gasteiger partial charge in [-0.15, -0.1) is 11.3 Å². The zero-order valence-corrected chi connectivity index (χ0v) is 13.5. The smallest absolute Gasteiger partial charge is 0.264 e. The fraction of sp³-hybridized carbons (Fsp3) is 0.143. The molecule has 5 nitrogen and oxygen atoms in total. The quantitative estimate of drug-likeness (QED) is 0.793. The summed E-state index contributed by atoms with van der Waals surface area (Å²) in [5, 5.41) is 0. The molecule has 1 aromatic heterocycles. The Kier molecular flexibility index (Phi) is 4.98. The summed E-state index contributed by atoms with van der Waals surface area (Å²) < 4.78 is 0.851. The lowest BCUT2D eigenvalue weighted by Crippen LogP contribution is -2.37. The van der Waals surface area contributed by atoms with E-state index < -0.39 is 5.91 Å². The number of thiophene rings is 1. The number of carbonyl (C=O) groups is 2. The number of nitrogens with zero attached hydrogens (tertiary/aromatic N) is 1. The summed E-state index contributed by atoms with van der Waals surface area (Å²) >= 11 is 4.62. The second-order valence-electron chi connectivity index (χ2n) is 4.43. The van der Waals surface area contributed by atoms with Crippen molar-refractivity contribution in [3.63, 3.8) is 0 Å². The Labute approximate surface area is 134 Å². The van der Waals surface area contributed by atoms with Crippen LogP contribution in [0.4, 0.5) is 5.69 Å². The van der Waals surface area contributed by atoms with Crippen molar-refractivity contribution in [2.45, 2.75) is 6.54 Å². The molecule has 7 heteroatoms. The number of carbonyl (C=O) groups excluding carboxylic acids is 2. The molecule has 2 amide bonds. The van der Waals surface area contributed by atoms with Crippen LogP contribution in [0.1, 0.15) is 15.2 Å². The molecule has 2 rings (SSSR count). The van der Waals surface area contributed by atoms with Gasteiger partial charge >= 0.3 is 0 Å². The van der Waals surface area contributed by atoms with Crippen LogP contribution < -0.4 is 11.5 Å². The number of para-hydroxylation sites is 1. The van der Waals surface area contributed by atoms with Crippen LogP contribution in [0.5, 0.6) is 0 Å². The van der Waals surface area contributed by atoms with Crippen LogP contribution in [0.3, 0.4) is 0 Å². The molecule has 0 atom stereocenters. The van der Waals surface area contributed by atoms with Gasteiger partial charge in [-0.2, -0.15) is 0 Å². The maximum atomic E-state index is 12.5. The number of hydrogen-bond donors (Lipinski definition) is 2. The van der Waals surface area contributed by atoms with E-state index in [9.17, 15) is 9.59 Å². The summed E-state index contributed by atoms with van der Waals surface area (Å²) in [6.07, 6.45) is 0. The minimum atomic E-state index is -0.562. The van der Waals surface area contributed by atoms with E-state index in [-0.39, 0.29) is 19.0 Å². The van der Waals surface area contributed by atoms with Crippen LogP contribution in [0.2, 0.25) is 0 Å². The van der Waals surface area contributed by atoms with Gasteiger partial charge in [0.1, 0.15) is 6.54 Å². The first-order valence-electron chi connectivity index (χ1n) is 6.13. The van der Waals surface area contributed by atoms with Crippen LogP contribution in [0.15, 0.2) is 40.2 Å². The molecule has 110 valence electrons. The van der Waals surface area contributed by atoms with Crippen molar-refractivity contribution < 1.29 is 9.59 Å². The molecule has 0 bridgehead atoms. The number of primary amides is 1. The molecule has 0 fully saturated rings. The highest BCUT2D eigenvalue weighted by Gasteiger charge is 2.20. The first-order chi connectivity index (χ1) is 9.97. The Morgan fingerprint density at radius 2 is 1.90 bits per heavy atom. The second kappa shape index (κ2) is 6.73. The van der Waals surface area contributed by atoms with Gasteiger partial charge in [-0.05, 0) is 39.7 Å². The van der Waals surface area contributed by atoms with Gasteiger partial charge < -0.3 is 16.4 Å². The number of rotatable bonds is 5. The van der Waals surface area contributed by atoms with Gasteiger partial charge in [0.15, 0.2) is 0 Å². The second-order valence-corrected chi connectivity index (χ2v) is 6.89. The van der Waals surface area contributed by atoms with Crippen molar-refractivity contribution >= 4 is 44.8 Å². The molecule has 1 heterocycles. The summed E-state index contributed by atoms with van der Waals surface area (Å²) in [6, 6.07) is 10.7. The molecule has 0 spiro atoms. The number of benzene rings is 1. The Bertz CT molecular complexity index is 672. The highest BCUT2D eigenvalue weighted by Crippen LogP contribution is 2.24. The number of halogens is 1. The van der Waals surface area contributed by atoms with Crippen molar-refractivity contribution in [2.75, 3.05) is 12.3 Å². The van der Waals surface area contributed by atoms with Gasteiger partial charge in [0.2, 0.25) is 5.91 Å². The standard InChI is InChI=1S/C14H14BrN3O2S/c15-12-6-5-11(21-12)14(20)18(8-13(17)19)7-9-3-1-2-4-10(9)16/h1-6H,7-8,16H2,(H2,17,19). The molecule has 0 aliphatic carbocycles. The Hall–Kier alpha value is -1.86. The largest absolute Gasteiger partial charge is 0.398 e. The molecule has 0 aliphatic rings. The molecule has 0 aliphatic heterocycles. The van der Waals surface area contributed by atoms with Gasteiger partial charge in [0, 0.05) is 12.2 Å². The maximum Gasteiger partial charge on any atom is 0.264 e. The number of nitrogen functional groups attached to an aromatic ring is 1. The van der Waals surface area contributed by atoms with Gasteiger partial charge in [0.05, 0.1) is 8.66 Å². The molecule has 21 heavy (non-hydrogen) atoms. The van der Waals surface area contributed by atoms with Gasteiger partial charge in [0.25, 0.3) is 5.91 Å². The third kappa shape index (κ3) is 4.05. The predicted molar refractivity (Wildman–Crippen MR) is 86.8 cm³/mol. The minimum absolute atomic E-state index is 0.150. The van der Waals surface area contributed by atoms with Gasteiger partial charge in [-0.3, -0.25) is 9.59 Å². The Balaban J connectivity index is 2.24. The van der Waals surface area contributed by atoms with Crippen LogP contribution in [-0.4, -0.2) is 23.3 Å². The summed E-state index contributed by atoms with van der Waals surface area (Å²) in [5.41, 5.74) is 12.5. The van der Waals surface area contributed by atoms with Crippen molar-refractivity contribution in [3.8, 4) is 0 Å². The third-order valence-corrected chi connectivity index (χ3v) is 4.45. The van der Waals surface area contributed by atoms with E-state index in [0.29, 0.717) is 10.6 Å². The van der Waals surface area contributed by atoms with Crippen molar-refractivity contribution in [1.82, 2.24) is 4.90 Å². The van der Waals surface area contributed by atoms with E-state index in [1.807, 2.05) is 18.2 Å². The van der Waals surface area contributed by atoms with E-state index >= 15 is 0 Å². The molecule has 2 aromatic rings. The molecule has 0 unspecified atom stereocenters. The molecule has 0 saturated carbocycles. The molecule has 4 N–H and O–H groups in total. The Morgan fingerprint density at radius 1 is 1.19 bits per heavy atom. The first kappa shape index (κ1) is 15.5. The van der Waals surface area contributed by atoms with Gasteiger partial charge in [-0.1, -0.05) is 18.2 Å². The van der Waals surface area contributed by atoms with E-state index in [2.05, 4.69) is 15.9 Å². The van der Waals surface area contributed by atoms with Crippen LogP contribution in [0, 0.1) is 0 Å². The highest BCUT2D eigenvalue weighted by molar-refractivity contribution is 9.11. The average Bonchev–Trinajstić information content (AvgIpc) is 2.86. The number of anilines is 1. The highest BCUT2D eigenvalue weighted by atomic mass is 79.9. The lowest BCUT2D eigenvalue weighted by Gasteiger charge is -2.21. The first-order valence-corrected chi connectivity index (χ1v) is 7.74. The van der Waals surface area contributed by atoms with E-state index in [4.69, 9.17) is 11.5 Å². The van der Waals surface area contributed by atoms with Gasteiger partial charge in [-0.25, -0.2) is 0 Å². The zero-order valence-electron chi connectivity index (χ0n) is 11.1. The predicted octanol–water partition coefficient (Wildman–Crippen LogP) is 2.22. The average molecular weight is 368 g/mol. The molecule has 0 radical (unpaired) electrons. The van der Waals surface area contributed by atoms with E-state index in [1.165, 1.54) is 16.2 Å². The SMILES string of the molecule is NC(=O)CN(Cc1ccccc1N)C(=O)c1ccc(Br)s1. The van der Waals surface area contributed by atoms with E-state index in [1.54, 1.807) is 18.2 Å². The minimum Gasteiger partial charge on any atom is -0.398 e. The lowest BCUT2D eigenvalue weighted by molar-refractivity contribution is -0.118. The maximum absolute atomic E-state index is 12.5.